The van der Waals surface area contributed by atoms with Gasteiger partial charge in [0.15, 0.2) is 0 Å². The zero-order chi connectivity index (χ0) is 14.9. The molecular formula is C14H18N2O4. The van der Waals surface area contributed by atoms with E-state index in [4.69, 9.17) is 14.0 Å². The molecule has 0 bridgehead atoms. The van der Waals surface area contributed by atoms with Crippen LogP contribution in [-0.4, -0.2) is 28.2 Å². The number of carboxylic acids is 1. The van der Waals surface area contributed by atoms with E-state index < -0.39 is 5.97 Å². The average molecular weight is 278 g/mol. The van der Waals surface area contributed by atoms with Crippen LogP contribution in [0.5, 0.6) is 0 Å². The molecule has 1 unspecified atom stereocenters. The van der Waals surface area contributed by atoms with E-state index in [1.54, 1.807) is 13.0 Å². The molecule has 6 heteroatoms. The Bertz CT molecular complexity index is 614. The number of aryl methyl sites for hydroxylation is 2. The summed E-state index contributed by atoms with van der Waals surface area (Å²) in [5.41, 5.74) is 1.46. The van der Waals surface area contributed by atoms with E-state index in [0.29, 0.717) is 17.9 Å². The number of hydrogen-bond donors (Lipinski definition) is 1. The lowest BCUT2D eigenvalue weighted by Crippen LogP contribution is -2.21. The number of carbonyl (C=O) groups is 1. The van der Waals surface area contributed by atoms with Gasteiger partial charge in [-0.15, -0.1) is 0 Å². The van der Waals surface area contributed by atoms with Gasteiger partial charge in [-0.2, -0.15) is 0 Å². The van der Waals surface area contributed by atoms with Crippen molar-refractivity contribution in [1.29, 1.82) is 0 Å². The van der Waals surface area contributed by atoms with E-state index in [9.17, 15) is 4.79 Å². The summed E-state index contributed by atoms with van der Waals surface area (Å²) in [5, 5.41) is 12.9. The van der Waals surface area contributed by atoms with Crippen molar-refractivity contribution in [2.75, 3.05) is 7.05 Å². The Kier molecular flexibility index (Phi) is 3.94. The fourth-order valence-corrected chi connectivity index (χ4v) is 2.03. The Labute approximate surface area is 117 Å². The maximum absolute atomic E-state index is 11.0. The predicted molar refractivity (Wildman–Crippen MR) is 71.5 cm³/mol. The molecule has 2 heterocycles. The van der Waals surface area contributed by atoms with Gasteiger partial charge >= 0.3 is 5.97 Å². The normalized spacial score (nSPS) is 12.8. The highest BCUT2D eigenvalue weighted by molar-refractivity contribution is 5.86. The highest BCUT2D eigenvalue weighted by atomic mass is 16.5. The van der Waals surface area contributed by atoms with Crippen LogP contribution >= 0.6 is 0 Å². The van der Waals surface area contributed by atoms with Gasteiger partial charge in [0.1, 0.15) is 11.5 Å². The summed E-state index contributed by atoms with van der Waals surface area (Å²) in [6.45, 7) is 6.12. The second-order valence-electron chi connectivity index (χ2n) is 4.99. The van der Waals surface area contributed by atoms with Crippen LogP contribution in [0, 0.1) is 13.8 Å². The van der Waals surface area contributed by atoms with Gasteiger partial charge in [0, 0.05) is 18.2 Å². The molecule has 0 amide bonds. The smallest absolute Gasteiger partial charge is 0.372 e. The molecule has 0 aliphatic rings. The third kappa shape index (κ3) is 2.91. The maximum Gasteiger partial charge on any atom is 0.372 e. The van der Waals surface area contributed by atoms with Gasteiger partial charge in [0.2, 0.25) is 5.76 Å². The van der Waals surface area contributed by atoms with Gasteiger partial charge in [-0.05, 0) is 33.9 Å². The molecule has 20 heavy (non-hydrogen) atoms. The van der Waals surface area contributed by atoms with Crippen LogP contribution in [0.25, 0.3) is 0 Å². The molecule has 0 aliphatic carbocycles. The Morgan fingerprint density at radius 2 is 2.15 bits per heavy atom. The van der Waals surface area contributed by atoms with Crippen LogP contribution in [0.1, 0.15) is 46.3 Å². The lowest BCUT2D eigenvalue weighted by molar-refractivity contribution is 0.0655. The predicted octanol–water partition coefficient (Wildman–Crippen LogP) is 2.78. The number of carboxylic acid groups (broad SMARTS) is 1. The molecule has 0 aromatic carbocycles. The van der Waals surface area contributed by atoms with E-state index in [2.05, 4.69) is 5.16 Å². The Hall–Kier alpha value is -2.08. The number of nitrogens with zero attached hydrogens (tertiary/aromatic N) is 2. The van der Waals surface area contributed by atoms with Gasteiger partial charge in [-0.1, -0.05) is 5.16 Å². The Morgan fingerprint density at radius 3 is 2.65 bits per heavy atom. The number of furan rings is 1. The fourth-order valence-electron chi connectivity index (χ4n) is 2.03. The number of rotatable bonds is 5. The third-order valence-corrected chi connectivity index (χ3v) is 3.29. The highest BCUT2D eigenvalue weighted by Crippen LogP contribution is 2.25. The summed E-state index contributed by atoms with van der Waals surface area (Å²) in [5.74, 6) is 0.346. The van der Waals surface area contributed by atoms with Gasteiger partial charge in [-0.25, -0.2) is 4.79 Å². The van der Waals surface area contributed by atoms with Crippen molar-refractivity contribution < 1.29 is 18.8 Å². The van der Waals surface area contributed by atoms with Crippen LogP contribution in [0.15, 0.2) is 21.1 Å². The Balaban J connectivity index is 2.12. The minimum atomic E-state index is -1.05. The first-order valence-corrected chi connectivity index (χ1v) is 6.34. The van der Waals surface area contributed by atoms with Crippen molar-refractivity contribution in [3.63, 3.8) is 0 Å². The molecule has 0 saturated carbocycles. The lowest BCUT2D eigenvalue weighted by atomic mass is 10.2. The van der Waals surface area contributed by atoms with E-state index in [1.807, 2.05) is 31.9 Å². The number of hydrogen-bond acceptors (Lipinski definition) is 5. The first kappa shape index (κ1) is 14.3. The van der Waals surface area contributed by atoms with E-state index in [1.165, 1.54) is 0 Å². The molecule has 0 spiro atoms. The second-order valence-corrected chi connectivity index (χ2v) is 4.99. The molecule has 1 atom stereocenters. The standard InChI is InChI=1S/C14H18N2O4/c1-8-5-12(19-13(8)14(17)18)10(3)16(4)7-11-6-9(2)20-15-11/h5-6,10H,7H2,1-4H3,(H,17,18). The van der Waals surface area contributed by atoms with Crippen molar-refractivity contribution in [2.24, 2.45) is 0 Å². The minimum absolute atomic E-state index is 0.00229. The number of aromatic carboxylic acids is 1. The summed E-state index contributed by atoms with van der Waals surface area (Å²) in [6, 6.07) is 3.58. The van der Waals surface area contributed by atoms with Crippen molar-refractivity contribution in [1.82, 2.24) is 10.1 Å². The molecule has 0 fully saturated rings. The molecule has 0 saturated heterocycles. The zero-order valence-corrected chi connectivity index (χ0v) is 12.0. The summed E-state index contributed by atoms with van der Waals surface area (Å²) >= 11 is 0. The average Bonchev–Trinajstić information content (AvgIpc) is 2.94. The molecular weight excluding hydrogens is 260 g/mol. The third-order valence-electron chi connectivity index (χ3n) is 3.29. The van der Waals surface area contributed by atoms with Crippen LogP contribution in [0.3, 0.4) is 0 Å². The van der Waals surface area contributed by atoms with Crippen LogP contribution in [-0.2, 0) is 6.54 Å². The molecule has 0 aliphatic heterocycles. The number of aromatic nitrogens is 1. The van der Waals surface area contributed by atoms with Crippen molar-refractivity contribution in [2.45, 2.75) is 33.4 Å². The molecule has 108 valence electrons. The lowest BCUT2D eigenvalue weighted by Gasteiger charge is -2.21. The van der Waals surface area contributed by atoms with Crippen LogP contribution in [0.2, 0.25) is 0 Å². The molecule has 2 aromatic heterocycles. The molecule has 6 nitrogen and oxygen atoms in total. The van der Waals surface area contributed by atoms with Crippen molar-refractivity contribution in [3.8, 4) is 0 Å². The van der Waals surface area contributed by atoms with E-state index in [-0.39, 0.29) is 11.8 Å². The van der Waals surface area contributed by atoms with Crippen molar-refractivity contribution >= 4 is 5.97 Å². The second kappa shape index (κ2) is 5.50. The Morgan fingerprint density at radius 1 is 1.45 bits per heavy atom. The fraction of sp³-hybridized carbons (Fsp3) is 0.429. The van der Waals surface area contributed by atoms with E-state index in [0.717, 1.165) is 11.5 Å². The van der Waals surface area contributed by atoms with Crippen LogP contribution < -0.4 is 0 Å². The molecule has 2 aromatic rings. The van der Waals surface area contributed by atoms with Gasteiger partial charge in [0.25, 0.3) is 0 Å². The summed E-state index contributed by atoms with van der Waals surface area (Å²) in [4.78, 5) is 13.0. The van der Waals surface area contributed by atoms with Crippen molar-refractivity contribution in [3.05, 3.63) is 40.7 Å². The van der Waals surface area contributed by atoms with Crippen LogP contribution in [0.4, 0.5) is 0 Å². The summed E-state index contributed by atoms with van der Waals surface area (Å²) < 4.78 is 10.4. The summed E-state index contributed by atoms with van der Waals surface area (Å²) in [6.07, 6.45) is 0. The summed E-state index contributed by atoms with van der Waals surface area (Å²) in [7, 11) is 1.92. The SMILES string of the molecule is Cc1cc(CN(C)C(C)c2cc(C)c(C(=O)O)o2)no1. The first-order valence-electron chi connectivity index (χ1n) is 6.34. The minimum Gasteiger partial charge on any atom is -0.475 e. The van der Waals surface area contributed by atoms with Gasteiger partial charge in [-0.3, -0.25) is 4.90 Å². The topological polar surface area (TPSA) is 79.7 Å². The zero-order valence-electron chi connectivity index (χ0n) is 12.0. The molecule has 0 radical (unpaired) electrons. The highest BCUT2D eigenvalue weighted by Gasteiger charge is 2.21. The molecule has 2 rings (SSSR count). The molecule has 1 N–H and O–H groups in total. The first-order chi connectivity index (χ1) is 9.38. The van der Waals surface area contributed by atoms with E-state index >= 15 is 0 Å². The largest absolute Gasteiger partial charge is 0.475 e. The quantitative estimate of drug-likeness (QED) is 0.905. The monoisotopic (exact) mass is 278 g/mol. The maximum atomic E-state index is 11.0. The van der Waals surface area contributed by atoms with Gasteiger partial charge in [0.05, 0.1) is 11.7 Å². The van der Waals surface area contributed by atoms with Gasteiger partial charge < -0.3 is 14.0 Å².